The monoisotopic (exact) mass is 379 g/mol. The number of thiophene rings is 1. The van der Waals surface area contributed by atoms with Gasteiger partial charge in [0.25, 0.3) is 5.91 Å². The maximum Gasteiger partial charge on any atom is 0.311 e. The Hall–Kier alpha value is -3.25. The summed E-state index contributed by atoms with van der Waals surface area (Å²) in [5, 5.41) is 4.60. The molecular weight excluding hydrogens is 362 g/mol. The van der Waals surface area contributed by atoms with Crippen LogP contribution in [0.15, 0.2) is 72.1 Å². The minimum Gasteiger partial charge on any atom is -0.427 e. The summed E-state index contributed by atoms with van der Waals surface area (Å²) in [7, 11) is 0. The first-order valence-corrected chi connectivity index (χ1v) is 9.23. The van der Waals surface area contributed by atoms with E-state index in [4.69, 9.17) is 4.74 Å². The van der Waals surface area contributed by atoms with E-state index in [0.29, 0.717) is 21.9 Å². The van der Waals surface area contributed by atoms with Crippen molar-refractivity contribution in [2.45, 2.75) is 12.8 Å². The van der Waals surface area contributed by atoms with Crippen molar-refractivity contribution in [2.24, 2.45) is 0 Å². The molecule has 0 aliphatic rings. The van der Waals surface area contributed by atoms with Gasteiger partial charge in [0.1, 0.15) is 5.75 Å². The van der Waals surface area contributed by atoms with Crippen LogP contribution >= 0.6 is 11.3 Å². The van der Waals surface area contributed by atoms with E-state index in [1.165, 1.54) is 11.3 Å². The Bertz CT molecular complexity index is 919. The summed E-state index contributed by atoms with van der Waals surface area (Å²) >= 11 is 1.36. The third-order valence-electron chi connectivity index (χ3n) is 3.74. The first kappa shape index (κ1) is 18.5. The molecule has 0 spiro atoms. The molecule has 1 N–H and O–H groups in total. The van der Waals surface area contributed by atoms with E-state index < -0.39 is 5.97 Å². The van der Waals surface area contributed by atoms with Crippen LogP contribution in [0.5, 0.6) is 5.75 Å². The highest BCUT2D eigenvalue weighted by Gasteiger charge is 2.11. The molecule has 0 aliphatic carbocycles. The predicted molar refractivity (Wildman–Crippen MR) is 104 cm³/mol. The van der Waals surface area contributed by atoms with Gasteiger partial charge in [-0.1, -0.05) is 36.4 Å². The SMILES string of the molecule is O=C(CCC(=O)c1ccccc1)Oc1ccc(NC(=O)c2cccs2)cc1. The number of carbonyl (C=O) groups is 3. The van der Waals surface area contributed by atoms with Crippen LogP contribution in [0.25, 0.3) is 0 Å². The minimum atomic E-state index is -0.477. The number of Topliss-reactive ketones (excluding diaryl/α,β-unsaturated/α-hetero) is 1. The number of nitrogens with one attached hydrogen (secondary N) is 1. The highest BCUT2D eigenvalue weighted by Crippen LogP contribution is 2.18. The van der Waals surface area contributed by atoms with Gasteiger partial charge >= 0.3 is 5.97 Å². The van der Waals surface area contributed by atoms with Gasteiger partial charge < -0.3 is 10.1 Å². The third-order valence-corrected chi connectivity index (χ3v) is 4.61. The maximum absolute atomic E-state index is 12.0. The van der Waals surface area contributed by atoms with Crippen LogP contribution in [0.2, 0.25) is 0 Å². The summed E-state index contributed by atoms with van der Waals surface area (Å²) in [6.07, 6.45) is 0.0996. The van der Waals surface area contributed by atoms with Gasteiger partial charge in [-0.3, -0.25) is 14.4 Å². The molecule has 6 heteroatoms. The summed E-state index contributed by atoms with van der Waals surface area (Å²) in [5.74, 6) is -0.399. The highest BCUT2D eigenvalue weighted by molar-refractivity contribution is 7.12. The van der Waals surface area contributed by atoms with Crippen LogP contribution in [-0.4, -0.2) is 17.7 Å². The summed E-state index contributed by atoms with van der Waals surface area (Å²) in [4.78, 5) is 36.5. The van der Waals surface area contributed by atoms with E-state index in [1.54, 1.807) is 54.6 Å². The summed E-state index contributed by atoms with van der Waals surface area (Å²) < 4.78 is 5.23. The minimum absolute atomic E-state index is 0.00456. The fourth-order valence-electron chi connectivity index (χ4n) is 2.37. The molecule has 0 aliphatic heterocycles. The van der Waals surface area contributed by atoms with Crippen molar-refractivity contribution in [3.8, 4) is 5.75 Å². The van der Waals surface area contributed by atoms with E-state index in [-0.39, 0.29) is 24.5 Å². The number of rotatable bonds is 7. The average molecular weight is 379 g/mol. The second kappa shape index (κ2) is 8.91. The lowest BCUT2D eigenvalue weighted by atomic mass is 10.1. The summed E-state index contributed by atoms with van der Waals surface area (Å²) in [6.45, 7) is 0. The molecular formula is C21H17NO4S. The van der Waals surface area contributed by atoms with Crippen molar-refractivity contribution in [1.29, 1.82) is 0 Å². The van der Waals surface area contributed by atoms with E-state index in [9.17, 15) is 14.4 Å². The lowest BCUT2D eigenvalue weighted by Crippen LogP contribution is -2.11. The number of esters is 1. The van der Waals surface area contributed by atoms with Crippen molar-refractivity contribution in [3.63, 3.8) is 0 Å². The average Bonchev–Trinajstić information content (AvgIpc) is 3.23. The molecule has 0 unspecified atom stereocenters. The van der Waals surface area contributed by atoms with Crippen LogP contribution in [0, 0.1) is 0 Å². The Kier molecular flexibility index (Phi) is 6.12. The molecule has 3 rings (SSSR count). The number of hydrogen-bond donors (Lipinski definition) is 1. The maximum atomic E-state index is 12.0. The number of hydrogen-bond acceptors (Lipinski definition) is 5. The van der Waals surface area contributed by atoms with Gasteiger partial charge in [-0.15, -0.1) is 11.3 Å². The Morgan fingerprint density at radius 3 is 2.26 bits per heavy atom. The van der Waals surface area contributed by atoms with Crippen molar-refractivity contribution >= 4 is 34.7 Å². The quantitative estimate of drug-likeness (QED) is 0.371. The first-order chi connectivity index (χ1) is 13.1. The van der Waals surface area contributed by atoms with Crippen LogP contribution in [-0.2, 0) is 4.79 Å². The number of ketones is 1. The fraction of sp³-hybridized carbons (Fsp3) is 0.0952. The number of carbonyl (C=O) groups excluding carboxylic acids is 3. The molecule has 3 aromatic rings. The molecule has 1 aromatic heterocycles. The van der Waals surface area contributed by atoms with Crippen molar-refractivity contribution in [2.75, 3.05) is 5.32 Å². The standard InChI is InChI=1S/C21H17NO4S/c23-18(15-5-2-1-3-6-15)12-13-20(24)26-17-10-8-16(9-11-17)22-21(25)19-7-4-14-27-19/h1-11,14H,12-13H2,(H,22,25). The highest BCUT2D eigenvalue weighted by atomic mass is 32.1. The number of amides is 1. The zero-order valence-corrected chi connectivity index (χ0v) is 15.2. The van der Waals surface area contributed by atoms with Gasteiger partial charge in [-0.05, 0) is 35.7 Å². The zero-order chi connectivity index (χ0) is 19.1. The Morgan fingerprint density at radius 1 is 0.852 bits per heavy atom. The van der Waals surface area contributed by atoms with Gasteiger partial charge in [-0.25, -0.2) is 0 Å². The molecule has 1 heterocycles. The number of anilines is 1. The molecule has 0 radical (unpaired) electrons. The molecule has 0 fully saturated rings. The smallest absolute Gasteiger partial charge is 0.311 e. The molecule has 0 saturated carbocycles. The third kappa shape index (κ3) is 5.36. The predicted octanol–water partition coefficient (Wildman–Crippen LogP) is 4.57. The normalized spacial score (nSPS) is 10.2. The molecule has 0 atom stereocenters. The van der Waals surface area contributed by atoms with E-state index >= 15 is 0 Å². The first-order valence-electron chi connectivity index (χ1n) is 8.35. The molecule has 0 saturated heterocycles. The van der Waals surface area contributed by atoms with Crippen LogP contribution < -0.4 is 10.1 Å². The Morgan fingerprint density at radius 2 is 1.59 bits per heavy atom. The Labute approximate surface area is 160 Å². The largest absolute Gasteiger partial charge is 0.427 e. The van der Waals surface area contributed by atoms with Crippen molar-refractivity contribution in [1.82, 2.24) is 0 Å². The van der Waals surface area contributed by atoms with Crippen molar-refractivity contribution in [3.05, 3.63) is 82.6 Å². The topological polar surface area (TPSA) is 72.5 Å². The van der Waals surface area contributed by atoms with Crippen LogP contribution in [0.4, 0.5) is 5.69 Å². The van der Waals surface area contributed by atoms with Gasteiger partial charge in [0.05, 0.1) is 11.3 Å². The number of ether oxygens (including phenoxy) is 1. The van der Waals surface area contributed by atoms with Crippen LogP contribution in [0.3, 0.4) is 0 Å². The van der Waals surface area contributed by atoms with E-state index in [0.717, 1.165) is 0 Å². The second-order valence-corrected chi connectivity index (χ2v) is 6.67. The molecule has 0 bridgehead atoms. The van der Waals surface area contributed by atoms with Gasteiger partial charge in [-0.2, -0.15) is 0 Å². The van der Waals surface area contributed by atoms with E-state index in [1.807, 2.05) is 17.5 Å². The molecule has 5 nitrogen and oxygen atoms in total. The lowest BCUT2D eigenvalue weighted by molar-refractivity contribution is -0.134. The van der Waals surface area contributed by atoms with Crippen molar-refractivity contribution < 1.29 is 19.1 Å². The lowest BCUT2D eigenvalue weighted by Gasteiger charge is -2.07. The van der Waals surface area contributed by atoms with Gasteiger partial charge in [0.15, 0.2) is 5.78 Å². The van der Waals surface area contributed by atoms with Gasteiger partial charge in [0.2, 0.25) is 0 Å². The second-order valence-electron chi connectivity index (χ2n) is 5.72. The Balaban J connectivity index is 1.48. The summed E-state index contributed by atoms with van der Waals surface area (Å²) in [5.41, 5.74) is 1.18. The van der Waals surface area contributed by atoms with Crippen LogP contribution in [0.1, 0.15) is 32.9 Å². The molecule has 1 amide bonds. The fourth-order valence-corrected chi connectivity index (χ4v) is 2.99. The summed E-state index contributed by atoms with van der Waals surface area (Å²) in [6, 6.07) is 18.9. The number of benzene rings is 2. The van der Waals surface area contributed by atoms with E-state index in [2.05, 4.69) is 5.32 Å². The molecule has 27 heavy (non-hydrogen) atoms. The molecule has 2 aromatic carbocycles. The molecule has 136 valence electrons. The van der Waals surface area contributed by atoms with Gasteiger partial charge in [0, 0.05) is 17.7 Å². The zero-order valence-electron chi connectivity index (χ0n) is 14.4.